The summed E-state index contributed by atoms with van der Waals surface area (Å²) in [6.07, 6.45) is -0.148. The molecule has 28 heavy (non-hydrogen) atoms. The summed E-state index contributed by atoms with van der Waals surface area (Å²) >= 11 is 17.6. The van der Waals surface area contributed by atoms with Gasteiger partial charge in [0.1, 0.15) is 17.4 Å². The largest absolute Gasteiger partial charge is 0.507 e. The third kappa shape index (κ3) is 3.63. The highest BCUT2D eigenvalue weighted by molar-refractivity contribution is 7.80. The first-order valence-electron chi connectivity index (χ1n) is 8.51. The quantitative estimate of drug-likeness (QED) is 0.576. The number of rotatable bonds is 3. The van der Waals surface area contributed by atoms with Crippen molar-refractivity contribution in [1.82, 2.24) is 4.90 Å². The van der Waals surface area contributed by atoms with Gasteiger partial charge >= 0.3 is 5.97 Å². The first-order chi connectivity index (χ1) is 13.3. The number of phenols is 1. The molecule has 2 aliphatic heterocycles. The molecular formula is C19H16Cl2N2O4S. The number of likely N-dealkylation sites (tertiary alicyclic amines) is 1. The van der Waals surface area contributed by atoms with Gasteiger partial charge in [-0.05, 0) is 43.5 Å². The maximum Gasteiger partial charge on any atom is 0.342 e. The van der Waals surface area contributed by atoms with Gasteiger partial charge in [-0.15, -0.1) is 0 Å². The van der Waals surface area contributed by atoms with Crippen LogP contribution < -0.4 is 9.64 Å². The average molecular weight is 439 g/mol. The van der Waals surface area contributed by atoms with Gasteiger partial charge in [0, 0.05) is 35.4 Å². The van der Waals surface area contributed by atoms with Gasteiger partial charge in [-0.2, -0.15) is 0 Å². The van der Waals surface area contributed by atoms with E-state index in [-0.39, 0.29) is 22.6 Å². The van der Waals surface area contributed by atoms with E-state index in [1.54, 1.807) is 23.1 Å². The number of nitrogens with zero attached hydrogens (tertiary/aromatic N) is 2. The highest BCUT2D eigenvalue weighted by Gasteiger charge is 2.29. The highest BCUT2D eigenvalue weighted by Crippen LogP contribution is 2.38. The molecule has 146 valence electrons. The van der Waals surface area contributed by atoms with Crippen LogP contribution in [0.25, 0.3) is 0 Å². The number of halogens is 2. The van der Waals surface area contributed by atoms with Crippen molar-refractivity contribution in [2.75, 3.05) is 25.0 Å². The number of anilines is 1. The summed E-state index contributed by atoms with van der Waals surface area (Å²) in [6.45, 7) is 1.75. The van der Waals surface area contributed by atoms with Gasteiger partial charge in [0.15, 0.2) is 5.75 Å². The van der Waals surface area contributed by atoms with Gasteiger partial charge < -0.3 is 14.6 Å². The molecule has 0 spiro atoms. The predicted molar refractivity (Wildman–Crippen MR) is 111 cm³/mol. The molecule has 0 amide bonds. The fraction of sp³-hybridized carbons (Fsp3) is 0.263. The number of thiocarbonyl (C=S) groups is 1. The van der Waals surface area contributed by atoms with Crippen LogP contribution in [-0.4, -0.2) is 47.4 Å². The van der Waals surface area contributed by atoms with E-state index in [4.69, 9.17) is 44.9 Å². The lowest BCUT2D eigenvalue weighted by molar-refractivity contribution is -0.0213. The first-order valence-corrected chi connectivity index (χ1v) is 9.68. The number of ether oxygens (including phenoxy) is 2. The van der Waals surface area contributed by atoms with Crippen molar-refractivity contribution in [1.29, 1.82) is 0 Å². The molecule has 0 atom stereocenters. The summed E-state index contributed by atoms with van der Waals surface area (Å²) < 4.78 is 11.0. The molecule has 1 N–H and O–H groups in total. The average Bonchev–Trinajstić information content (AvgIpc) is 2.60. The Morgan fingerprint density at radius 1 is 1.29 bits per heavy atom. The van der Waals surface area contributed by atoms with Gasteiger partial charge in [0.2, 0.25) is 0 Å². The Morgan fingerprint density at radius 3 is 2.71 bits per heavy atom. The molecule has 2 aromatic carbocycles. The molecule has 0 unspecified atom stereocenters. The zero-order chi connectivity index (χ0) is 20.0. The second-order valence-corrected chi connectivity index (χ2v) is 7.97. The lowest BCUT2D eigenvalue weighted by atomic mass is 10.1. The Hall–Kier alpha value is -2.06. The number of carbonyl (C=O) groups is 1. The Bertz CT molecular complexity index is 979. The molecule has 0 bridgehead atoms. The van der Waals surface area contributed by atoms with Gasteiger partial charge in [-0.1, -0.05) is 23.2 Å². The number of carbonyl (C=O) groups excluding carboxylic acids is 1. The van der Waals surface area contributed by atoms with E-state index in [1.807, 2.05) is 11.9 Å². The van der Waals surface area contributed by atoms with Crippen LogP contribution in [0.15, 0.2) is 30.3 Å². The van der Waals surface area contributed by atoms with Crippen molar-refractivity contribution in [3.63, 3.8) is 0 Å². The van der Waals surface area contributed by atoms with Crippen LogP contribution in [0, 0.1) is 0 Å². The topological polar surface area (TPSA) is 62.2 Å². The van der Waals surface area contributed by atoms with Crippen molar-refractivity contribution in [3.8, 4) is 11.5 Å². The molecular weight excluding hydrogens is 423 g/mol. The van der Waals surface area contributed by atoms with Crippen LogP contribution in [0.4, 0.5) is 5.69 Å². The van der Waals surface area contributed by atoms with Gasteiger partial charge in [-0.25, -0.2) is 4.79 Å². The number of likely N-dealkylation sites (N-methyl/N-ethyl adjacent to an activating group) is 1. The molecule has 0 radical (unpaired) electrons. The number of hydrogen-bond acceptors (Lipinski definition) is 6. The van der Waals surface area contributed by atoms with Crippen LogP contribution >= 0.6 is 35.4 Å². The molecule has 0 saturated carbocycles. The molecule has 1 fully saturated rings. The zero-order valence-electron chi connectivity index (χ0n) is 14.8. The highest BCUT2D eigenvalue weighted by atomic mass is 35.5. The van der Waals surface area contributed by atoms with E-state index in [9.17, 15) is 9.90 Å². The van der Waals surface area contributed by atoms with Crippen molar-refractivity contribution in [2.45, 2.75) is 12.6 Å². The molecule has 0 aromatic heterocycles. The van der Waals surface area contributed by atoms with Gasteiger partial charge in [0.05, 0.1) is 11.6 Å². The molecule has 2 heterocycles. The number of hydrogen-bond donors (Lipinski definition) is 1. The number of phenolic OH excluding ortho intramolecular Hbond substituents is 1. The minimum atomic E-state index is -0.552. The number of aromatic hydroxyl groups is 1. The Balaban J connectivity index is 1.55. The van der Waals surface area contributed by atoms with E-state index >= 15 is 0 Å². The lowest BCUT2D eigenvalue weighted by Gasteiger charge is -2.35. The van der Waals surface area contributed by atoms with Gasteiger partial charge in [-0.3, -0.25) is 9.80 Å². The van der Waals surface area contributed by atoms with E-state index in [1.165, 1.54) is 12.1 Å². The second-order valence-electron chi connectivity index (χ2n) is 6.78. The third-order valence-electron chi connectivity index (χ3n) is 4.64. The second kappa shape index (κ2) is 7.40. The summed E-state index contributed by atoms with van der Waals surface area (Å²) in [5, 5.41) is 11.4. The van der Waals surface area contributed by atoms with Crippen molar-refractivity contribution in [3.05, 3.63) is 51.5 Å². The number of fused-ring (bicyclic) bond motifs is 1. The van der Waals surface area contributed by atoms with Crippen molar-refractivity contribution < 1.29 is 19.4 Å². The molecule has 4 rings (SSSR count). The van der Waals surface area contributed by atoms with Crippen LogP contribution in [0.2, 0.25) is 10.0 Å². The molecule has 6 nitrogen and oxygen atoms in total. The van der Waals surface area contributed by atoms with Crippen LogP contribution in [-0.2, 0) is 11.3 Å². The van der Waals surface area contributed by atoms with Crippen LogP contribution in [0.3, 0.4) is 0 Å². The summed E-state index contributed by atoms with van der Waals surface area (Å²) in [5.74, 6) is -0.265. The fourth-order valence-corrected chi connectivity index (χ4v) is 4.04. The Kier molecular flexibility index (Phi) is 5.09. The Labute approximate surface area is 177 Å². The Morgan fingerprint density at radius 2 is 2.04 bits per heavy atom. The summed E-state index contributed by atoms with van der Waals surface area (Å²) in [7, 11) is 1.94. The molecule has 2 aromatic rings. The number of benzene rings is 2. The molecule has 1 saturated heterocycles. The standard InChI is InChI=1S/C19H16Cl2N2O4S/c1-22-8-13(9-22)26-18(25)14-3-2-12(6-16(14)24)23-7-10-4-11(20)5-15(21)17(10)27-19(23)28/h2-6,13,24H,7-9H2,1H3. The fourth-order valence-electron chi connectivity index (χ4n) is 3.21. The predicted octanol–water partition coefficient (Wildman–Crippen LogP) is 3.85. The normalized spacial score (nSPS) is 17.0. The van der Waals surface area contributed by atoms with Crippen LogP contribution in [0.5, 0.6) is 11.5 Å². The monoisotopic (exact) mass is 438 g/mol. The zero-order valence-corrected chi connectivity index (χ0v) is 17.1. The van der Waals surface area contributed by atoms with Crippen LogP contribution in [0.1, 0.15) is 15.9 Å². The molecule has 2 aliphatic rings. The van der Waals surface area contributed by atoms with Crippen molar-refractivity contribution in [2.24, 2.45) is 0 Å². The van der Waals surface area contributed by atoms with E-state index in [0.29, 0.717) is 41.1 Å². The minimum absolute atomic E-state index is 0.105. The third-order valence-corrected chi connectivity index (χ3v) is 5.44. The summed E-state index contributed by atoms with van der Waals surface area (Å²) in [6, 6.07) is 7.98. The summed E-state index contributed by atoms with van der Waals surface area (Å²) in [5.41, 5.74) is 1.45. The van der Waals surface area contributed by atoms with E-state index in [0.717, 1.165) is 5.56 Å². The lowest BCUT2D eigenvalue weighted by Crippen LogP contribution is -2.50. The smallest absolute Gasteiger partial charge is 0.342 e. The maximum absolute atomic E-state index is 12.3. The van der Waals surface area contributed by atoms with Gasteiger partial charge in [0.25, 0.3) is 5.17 Å². The first kappa shape index (κ1) is 19.3. The van der Waals surface area contributed by atoms with E-state index in [2.05, 4.69) is 0 Å². The van der Waals surface area contributed by atoms with E-state index < -0.39 is 5.97 Å². The summed E-state index contributed by atoms with van der Waals surface area (Å²) in [4.78, 5) is 16.0. The molecule has 0 aliphatic carbocycles. The number of esters is 1. The minimum Gasteiger partial charge on any atom is -0.507 e. The van der Waals surface area contributed by atoms with Crippen molar-refractivity contribution >= 4 is 52.3 Å². The SMILES string of the molecule is CN1CC(OC(=O)c2ccc(N3Cc4cc(Cl)cc(Cl)c4OC3=S)cc2O)C1. The molecule has 9 heteroatoms. The maximum atomic E-state index is 12.3.